The molecule has 0 bridgehead atoms. The smallest absolute Gasteiger partial charge is 0.191 e. The minimum Gasteiger partial charge on any atom is -0.483 e. The lowest BCUT2D eigenvalue weighted by molar-refractivity contribution is 0.274. The van der Waals surface area contributed by atoms with Crippen LogP contribution in [0.4, 0.5) is 8.78 Å². The fourth-order valence-electron chi connectivity index (χ4n) is 1.61. The first-order valence-electron chi connectivity index (χ1n) is 5.75. The Labute approximate surface area is 114 Å². The van der Waals surface area contributed by atoms with E-state index >= 15 is 0 Å². The quantitative estimate of drug-likeness (QED) is 0.391. The van der Waals surface area contributed by atoms with Crippen LogP contribution in [0.15, 0.2) is 47.6 Å². The predicted octanol–water partition coefficient (Wildman–Crippen LogP) is 2.64. The highest BCUT2D eigenvalue weighted by atomic mass is 19.1. The zero-order valence-electron chi connectivity index (χ0n) is 10.4. The van der Waals surface area contributed by atoms with Gasteiger partial charge in [-0.2, -0.15) is 0 Å². The average molecular weight is 278 g/mol. The van der Waals surface area contributed by atoms with E-state index < -0.39 is 17.4 Å². The summed E-state index contributed by atoms with van der Waals surface area (Å²) in [7, 11) is 0. The summed E-state index contributed by atoms with van der Waals surface area (Å²) in [5.74, 6) is -1.93. The third-order valence-corrected chi connectivity index (χ3v) is 2.66. The third-order valence-electron chi connectivity index (χ3n) is 2.66. The maximum Gasteiger partial charge on any atom is 0.191 e. The van der Waals surface area contributed by atoms with Crippen molar-refractivity contribution >= 4 is 5.84 Å². The van der Waals surface area contributed by atoms with Gasteiger partial charge in [0.2, 0.25) is 0 Å². The Bertz CT molecular complexity index is 607. The number of oxime groups is 1. The van der Waals surface area contributed by atoms with Crippen LogP contribution in [0.1, 0.15) is 11.1 Å². The molecule has 0 unspecified atom stereocenters. The van der Waals surface area contributed by atoms with E-state index in [0.717, 1.165) is 12.1 Å². The van der Waals surface area contributed by atoms with Gasteiger partial charge >= 0.3 is 0 Å². The standard InChI is InChI=1S/C14H12F2N2O2/c15-11-2-1-3-12(16)13(11)20-8-9-4-6-10(7-5-9)14(17)18-19/h1-7,19H,8H2,(H2,17,18). The number of halogens is 2. The van der Waals surface area contributed by atoms with Crippen LogP contribution in [-0.4, -0.2) is 11.0 Å². The van der Waals surface area contributed by atoms with Crippen molar-refractivity contribution in [2.24, 2.45) is 10.9 Å². The second-order valence-corrected chi connectivity index (χ2v) is 4.02. The van der Waals surface area contributed by atoms with E-state index in [-0.39, 0.29) is 12.4 Å². The molecule has 0 fully saturated rings. The number of benzene rings is 2. The van der Waals surface area contributed by atoms with Crippen molar-refractivity contribution in [3.63, 3.8) is 0 Å². The SMILES string of the molecule is N/C(=N/O)c1ccc(COc2c(F)cccc2F)cc1. The van der Waals surface area contributed by atoms with Gasteiger partial charge < -0.3 is 15.7 Å². The number of hydrogen-bond acceptors (Lipinski definition) is 3. The van der Waals surface area contributed by atoms with Crippen LogP contribution in [-0.2, 0) is 6.61 Å². The fourth-order valence-corrected chi connectivity index (χ4v) is 1.61. The molecule has 20 heavy (non-hydrogen) atoms. The van der Waals surface area contributed by atoms with Gasteiger partial charge in [-0.25, -0.2) is 8.78 Å². The van der Waals surface area contributed by atoms with Crippen molar-refractivity contribution in [3.05, 3.63) is 65.2 Å². The normalized spacial score (nSPS) is 11.4. The first-order valence-corrected chi connectivity index (χ1v) is 5.75. The Kier molecular flexibility index (Phi) is 4.14. The molecule has 0 aliphatic carbocycles. The van der Waals surface area contributed by atoms with Crippen LogP contribution in [0.25, 0.3) is 0 Å². The van der Waals surface area contributed by atoms with Crippen LogP contribution in [0.3, 0.4) is 0 Å². The highest BCUT2D eigenvalue weighted by molar-refractivity contribution is 5.96. The van der Waals surface area contributed by atoms with Crippen LogP contribution < -0.4 is 10.5 Å². The number of ether oxygens (including phenoxy) is 1. The summed E-state index contributed by atoms with van der Waals surface area (Å²) < 4.78 is 31.8. The summed E-state index contributed by atoms with van der Waals surface area (Å²) in [5, 5.41) is 11.4. The Morgan fingerprint density at radius 1 is 1.10 bits per heavy atom. The molecule has 0 heterocycles. The number of hydrogen-bond donors (Lipinski definition) is 2. The largest absolute Gasteiger partial charge is 0.483 e. The molecule has 2 aromatic rings. The zero-order chi connectivity index (χ0) is 14.5. The average Bonchev–Trinajstić information content (AvgIpc) is 2.46. The van der Waals surface area contributed by atoms with Crippen molar-refractivity contribution in [3.8, 4) is 5.75 Å². The molecular weight excluding hydrogens is 266 g/mol. The summed E-state index contributed by atoms with van der Waals surface area (Å²) in [6.45, 7) is 0.00824. The highest BCUT2D eigenvalue weighted by Gasteiger charge is 2.09. The lowest BCUT2D eigenvalue weighted by atomic mass is 10.1. The van der Waals surface area contributed by atoms with Crippen LogP contribution in [0, 0.1) is 11.6 Å². The van der Waals surface area contributed by atoms with E-state index in [1.807, 2.05) is 0 Å². The van der Waals surface area contributed by atoms with E-state index in [9.17, 15) is 8.78 Å². The second-order valence-electron chi connectivity index (χ2n) is 4.02. The van der Waals surface area contributed by atoms with Crippen LogP contribution in [0.2, 0.25) is 0 Å². The number of para-hydroxylation sites is 1. The van der Waals surface area contributed by atoms with Gasteiger partial charge in [-0.1, -0.05) is 35.5 Å². The van der Waals surface area contributed by atoms with Gasteiger partial charge in [0.15, 0.2) is 23.2 Å². The summed E-state index contributed by atoms with van der Waals surface area (Å²) >= 11 is 0. The Balaban J connectivity index is 2.08. The molecule has 0 saturated carbocycles. The van der Waals surface area contributed by atoms with E-state index in [1.165, 1.54) is 6.07 Å². The molecule has 0 atom stereocenters. The van der Waals surface area contributed by atoms with Crippen molar-refractivity contribution in [1.82, 2.24) is 0 Å². The van der Waals surface area contributed by atoms with Gasteiger partial charge in [0, 0.05) is 5.56 Å². The zero-order valence-corrected chi connectivity index (χ0v) is 10.4. The molecule has 2 rings (SSSR count). The summed E-state index contributed by atoms with van der Waals surface area (Å²) in [6.07, 6.45) is 0. The Morgan fingerprint density at radius 3 is 2.25 bits per heavy atom. The molecular formula is C14H12F2N2O2. The number of rotatable bonds is 4. The molecule has 0 aromatic heterocycles. The summed E-state index contributed by atoms with van der Waals surface area (Å²) in [5.41, 5.74) is 6.65. The molecule has 4 nitrogen and oxygen atoms in total. The lowest BCUT2D eigenvalue weighted by Crippen LogP contribution is -2.12. The van der Waals surface area contributed by atoms with Crippen molar-refractivity contribution < 1.29 is 18.7 Å². The van der Waals surface area contributed by atoms with Gasteiger partial charge in [0.1, 0.15) is 6.61 Å². The van der Waals surface area contributed by atoms with Crippen molar-refractivity contribution in [1.29, 1.82) is 0 Å². The second kappa shape index (κ2) is 6.01. The molecule has 104 valence electrons. The fraction of sp³-hybridized carbons (Fsp3) is 0.0714. The van der Waals surface area contributed by atoms with E-state index in [4.69, 9.17) is 15.7 Å². The van der Waals surface area contributed by atoms with Crippen LogP contribution in [0.5, 0.6) is 5.75 Å². The molecule has 0 aliphatic heterocycles. The lowest BCUT2D eigenvalue weighted by Gasteiger charge is -2.08. The molecule has 0 aliphatic rings. The highest BCUT2D eigenvalue weighted by Crippen LogP contribution is 2.22. The number of nitrogens with zero attached hydrogens (tertiary/aromatic N) is 1. The minimum absolute atomic E-state index is 0.00824. The number of amidine groups is 1. The maximum atomic E-state index is 13.3. The van der Waals surface area contributed by atoms with Crippen molar-refractivity contribution in [2.45, 2.75) is 6.61 Å². The first-order chi connectivity index (χ1) is 9.61. The molecule has 0 spiro atoms. The van der Waals surface area contributed by atoms with E-state index in [1.54, 1.807) is 24.3 Å². The van der Waals surface area contributed by atoms with Gasteiger partial charge in [-0.05, 0) is 17.7 Å². The molecule has 0 amide bonds. The third kappa shape index (κ3) is 3.03. The molecule has 3 N–H and O–H groups in total. The summed E-state index contributed by atoms with van der Waals surface area (Å²) in [4.78, 5) is 0. The van der Waals surface area contributed by atoms with E-state index in [2.05, 4.69) is 5.16 Å². The predicted molar refractivity (Wildman–Crippen MR) is 69.6 cm³/mol. The Morgan fingerprint density at radius 2 is 1.70 bits per heavy atom. The molecule has 6 heteroatoms. The van der Waals surface area contributed by atoms with Crippen LogP contribution >= 0.6 is 0 Å². The number of nitrogens with two attached hydrogens (primary N) is 1. The maximum absolute atomic E-state index is 13.3. The summed E-state index contributed by atoms with van der Waals surface area (Å²) in [6, 6.07) is 10.1. The molecule has 2 aromatic carbocycles. The van der Waals surface area contributed by atoms with E-state index in [0.29, 0.717) is 11.1 Å². The molecule has 0 saturated heterocycles. The van der Waals surface area contributed by atoms with Gasteiger partial charge in [0.05, 0.1) is 0 Å². The first kappa shape index (κ1) is 13.8. The topological polar surface area (TPSA) is 67.8 Å². The Hall–Kier alpha value is -2.63. The monoisotopic (exact) mass is 278 g/mol. The van der Waals surface area contributed by atoms with Gasteiger partial charge in [-0.3, -0.25) is 0 Å². The van der Waals surface area contributed by atoms with Gasteiger partial charge in [0.25, 0.3) is 0 Å². The molecule has 0 radical (unpaired) electrons. The van der Waals surface area contributed by atoms with Crippen molar-refractivity contribution in [2.75, 3.05) is 0 Å². The minimum atomic E-state index is -0.752. The van der Waals surface area contributed by atoms with Gasteiger partial charge in [-0.15, -0.1) is 0 Å².